The number of unbranched alkanes of at least 4 members (excludes halogenated alkanes) is 4. The third-order valence-electron chi connectivity index (χ3n) is 10.2. The van der Waals surface area contributed by atoms with Crippen LogP contribution in [0.2, 0.25) is 0 Å². The fraction of sp³-hybridized carbons (Fsp3) is 0.372. The van der Waals surface area contributed by atoms with Crippen molar-refractivity contribution in [2.24, 2.45) is 11.7 Å². The molecule has 1 aliphatic heterocycles. The molecule has 6 aromatic rings. The molecule has 5 heterocycles. The number of aromatic amines is 2. The molecule has 2 atom stereocenters. The number of likely N-dealkylation sites (tertiary alicyclic amines) is 1. The number of halogens is 2. The maximum atomic E-state index is 14.2. The molecule has 0 spiro atoms. The van der Waals surface area contributed by atoms with Crippen LogP contribution in [0.3, 0.4) is 0 Å². The summed E-state index contributed by atoms with van der Waals surface area (Å²) in [7, 11) is 1.98. The van der Waals surface area contributed by atoms with Crippen molar-refractivity contribution < 1.29 is 32.2 Å². The summed E-state index contributed by atoms with van der Waals surface area (Å²) in [6.07, 6.45) is 13.1. The second-order valence-corrected chi connectivity index (χ2v) is 14.7. The lowest BCUT2D eigenvalue weighted by Crippen LogP contribution is -2.52. The standard InChI is InChI=1S/C24H28FN5O3.C19H21FN4O2/c1-30-14-16(15-30)24(32)28-20(9-3-2-4-10-22(31)19-11-12-33-29-19)23-26-13-21(27-23)17-7-5-6-8-18(17)25;20-14-7-5-4-6-13(14)17-12-22-19(23-17)15(21)8-2-1-3-9-18(25)16-10-11-26-24-16/h5-8,11-13,16,20H,2-4,9-10,14-15H2,1H3,(H,26,27)(H,28,32);4-7,10-12,15H,1-3,8-9,21H2,(H,22,23)/t20-;15-/m00/s1. The van der Waals surface area contributed by atoms with E-state index >= 15 is 0 Å². The van der Waals surface area contributed by atoms with Crippen molar-refractivity contribution in [2.75, 3.05) is 20.1 Å². The lowest BCUT2D eigenvalue weighted by molar-refractivity contribution is -0.130. The van der Waals surface area contributed by atoms with E-state index in [0.29, 0.717) is 64.8 Å². The molecule has 1 fully saturated rings. The molecule has 59 heavy (non-hydrogen) atoms. The number of nitrogens with two attached hydrogens (primary N) is 1. The number of rotatable bonds is 20. The van der Waals surface area contributed by atoms with Crippen molar-refractivity contribution in [2.45, 2.75) is 76.3 Å². The van der Waals surface area contributed by atoms with Crippen LogP contribution in [-0.2, 0) is 4.79 Å². The predicted molar refractivity (Wildman–Crippen MR) is 215 cm³/mol. The first-order valence-corrected chi connectivity index (χ1v) is 19.9. The Morgan fingerprint density at radius 3 is 1.76 bits per heavy atom. The van der Waals surface area contributed by atoms with Crippen LogP contribution in [0.4, 0.5) is 8.78 Å². The van der Waals surface area contributed by atoms with Gasteiger partial charge in [0, 0.05) is 49.2 Å². The number of ketones is 2. The molecular weight excluding hydrogens is 761 g/mol. The van der Waals surface area contributed by atoms with E-state index in [-0.39, 0.29) is 47.1 Å². The number of benzene rings is 2. The summed E-state index contributed by atoms with van der Waals surface area (Å²) in [4.78, 5) is 53.6. The second kappa shape index (κ2) is 21.0. The minimum Gasteiger partial charge on any atom is -0.364 e. The molecule has 0 bridgehead atoms. The Balaban J connectivity index is 0.000000204. The summed E-state index contributed by atoms with van der Waals surface area (Å²) < 4.78 is 37.4. The largest absolute Gasteiger partial charge is 0.364 e. The first kappa shape index (κ1) is 42.5. The zero-order valence-electron chi connectivity index (χ0n) is 32.9. The van der Waals surface area contributed by atoms with Gasteiger partial charge in [0.25, 0.3) is 0 Å². The van der Waals surface area contributed by atoms with Crippen LogP contribution in [0, 0.1) is 17.6 Å². The van der Waals surface area contributed by atoms with Crippen LogP contribution < -0.4 is 11.1 Å². The van der Waals surface area contributed by atoms with Crippen molar-refractivity contribution in [1.82, 2.24) is 40.5 Å². The van der Waals surface area contributed by atoms with E-state index in [0.717, 1.165) is 58.0 Å². The number of H-pyrrole nitrogens is 2. The van der Waals surface area contributed by atoms with Crippen molar-refractivity contribution in [3.05, 3.63) is 120 Å². The van der Waals surface area contributed by atoms with E-state index in [4.69, 9.17) is 10.3 Å². The van der Waals surface area contributed by atoms with Crippen LogP contribution in [0.25, 0.3) is 22.5 Å². The number of amides is 1. The van der Waals surface area contributed by atoms with Gasteiger partial charge in [-0.25, -0.2) is 18.7 Å². The van der Waals surface area contributed by atoms with Gasteiger partial charge in [-0.3, -0.25) is 14.4 Å². The van der Waals surface area contributed by atoms with E-state index in [2.05, 4.69) is 45.0 Å². The van der Waals surface area contributed by atoms with Crippen molar-refractivity contribution in [1.29, 1.82) is 0 Å². The monoisotopic (exact) mass is 809 g/mol. The van der Waals surface area contributed by atoms with Gasteiger partial charge in [-0.1, -0.05) is 60.3 Å². The fourth-order valence-corrected chi connectivity index (χ4v) is 6.85. The zero-order chi connectivity index (χ0) is 41.6. The van der Waals surface area contributed by atoms with Crippen molar-refractivity contribution >= 4 is 17.5 Å². The summed E-state index contributed by atoms with van der Waals surface area (Å²) in [5.41, 5.74) is 8.99. The summed E-state index contributed by atoms with van der Waals surface area (Å²) >= 11 is 0. The van der Waals surface area contributed by atoms with Gasteiger partial charge in [-0.15, -0.1) is 0 Å². The van der Waals surface area contributed by atoms with Crippen LogP contribution in [0.1, 0.15) is 109 Å². The van der Waals surface area contributed by atoms with Gasteiger partial charge in [0.15, 0.2) is 11.6 Å². The quantitative estimate of drug-likeness (QED) is 0.0433. The highest BCUT2D eigenvalue weighted by Gasteiger charge is 2.32. The van der Waals surface area contributed by atoms with Crippen LogP contribution in [0.5, 0.6) is 0 Å². The Morgan fingerprint density at radius 1 is 0.746 bits per heavy atom. The third-order valence-corrected chi connectivity index (χ3v) is 10.2. The molecule has 16 heteroatoms. The molecular formula is C43H49F2N9O5. The molecule has 1 aliphatic rings. The summed E-state index contributed by atoms with van der Waals surface area (Å²) in [5.74, 6) is 0.541. The van der Waals surface area contributed by atoms with Crippen molar-refractivity contribution in [3.63, 3.8) is 0 Å². The third kappa shape index (κ3) is 12.0. The number of nitrogens with zero attached hydrogens (tertiary/aromatic N) is 5. The molecule has 7 rings (SSSR count). The highest BCUT2D eigenvalue weighted by atomic mass is 19.1. The van der Waals surface area contributed by atoms with Crippen LogP contribution >= 0.6 is 0 Å². The average molecular weight is 810 g/mol. The first-order chi connectivity index (χ1) is 28.7. The Morgan fingerprint density at radius 2 is 1.25 bits per heavy atom. The maximum absolute atomic E-state index is 14.2. The van der Waals surface area contributed by atoms with Gasteiger partial charge in [0.05, 0.1) is 41.8 Å². The molecule has 1 amide bonds. The Labute approximate surface area is 340 Å². The van der Waals surface area contributed by atoms with Crippen LogP contribution in [0.15, 0.2) is 94.6 Å². The minimum absolute atomic E-state index is 0.00292. The molecule has 2 aromatic carbocycles. The van der Waals surface area contributed by atoms with E-state index in [1.54, 1.807) is 60.9 Å². The first-order valence-electron chi connectivity index (χ1n) is 19.9. The molecule has 5 N–H and O–H groups in total. The average Bonchev–Trinajstić information content (AvgIpc) is 4.08. The highest BCUT2D eigenvalue weighted by Crippen LogP contribution is 2.26. The van der Waals surface area contributed by atoms with E-state index in [1.807, 2.05) is 7.05 Å². The van der Waals surface area contributed by atoms with Gasteiger partial charge in [-0.05, 0) is 57.0 Å². The zero-order valence-corrected chi connectivity index (χ0v) is 32.9. The Kier molecular flexibility index (Phi) is 15.1. The number of hydrogen-bond donors (Lipinski definition) is 4. The summed E-state index contributed by atoms with van der Waals surface area (Å²) in [6, 6.07) is 15.6. The Bertz CT molecular complexity index is 2230. The molecule has 0 saturated carbocycles. The number of Topliss-reactive ketones (excluding diaryl/α,β-unsaturated/α-hetero) is 2. The number of carbonyl (C=O) groups excluding carboxylic acids is 3. The van der Waals surface area contributed by atoms with E-state index in [1.165, 1.54) is 24.7 Å². The molecule has 0 unspecified atom stereocenters. The van der Waals surface area contributed by atoms with E-state index < -0.39 is 0 Å². The maximum Gasteiger partial charge on any atom is 0.226 e. The van der Waals surface area contributed by atoms with E-state index in [9.17, 15) is 23.2 Å². The molecule has 0 aliphatic carbocycles. The van der Waals surface area contributed by atoms with Gasteiger partial charge < -0.3 is 35.0 Å². The number of aromatic nitrogens is 6. The lowest BCUT2D eigenvalue weighted by Gasteiger charge is -2.35. The minimum atomic E-state index is -0.331. The van der Waals surface area contributed by atoms with Crippen molar-refractivity contribution in [3.8, 4) is 22.5 Å². The predicted octanol–water partition coefficient (Wildman–Crippen LogP) is 7.79. The lowest BCUT2D eigenvalue weighted by atomic mass is 9.98. The normalized spacial score (nSPS) is 13.9. The molecule has 14 nitrogen and oxygen atoms in total. The number of nitrogens with one attached hydrogen (secondary N) is 3. The van der Waals surface area contributed by atoms with Gasteiger partial charge in [-0.2, -0.15) is 0 Å². The number of hydrogen-bond acceptors (Lipinski definition) is 11. The molecule has 1 saturated heterocycles. The second-order valence-electron chi connectivity index (χ2n) is 14.7. The number of imidazole rings is 2. The molecule has 310 valence electrons. The SMILES string of the molecule is CN1CC(C(=O)N[C@@H](CCCCCC(=O)c2ccon2)c2ncc(-c3ccccc3F)[nH]2)C1.N[C@@H](CCCCCC(=O)c1ccon1)c1ncc(-c2ccccc2F)[nH]1. The number of carbonyl (C=O) groups is 3. The smallest absolute Gasteiger partial charge is 0.226 e. The van der Waals surface area contributed by atoms with Gasteiger partial charge in [0.1, 0.15) is 47.2 Å². The van der Waals surface area contributed by atoms with Gasteiger partial charge >= 0.3 is 0 Å². The summed E-state index contributed by atoms with van der Waals surface area (Å²) in [5, 5.41) is 10.4. The molecule has 0 radical (unpaired) electrons. The fourth-order valence-electron chi connectivity index (χ4n) is 6.85. The topological polar surface area (TPSA) is 202 Å². The summed E-state index contributed by atoms with van der Waals surface area (Å²) in [6.45, 7) is 1.47. The molecule has 4 aromatic heterocycles. The van der Waals surface area contributed by atoms with Crippen LogP contribution in [-0.4, -0.2) is 72.8 Å². The Hall–Kier alpha value is -6.13. The van der Waals surface area contributed by atoms with Gasteiger partial charge in [0.2, 0.25) is 5.91 Å². The highest BCUT2D eigenvalue weighted by molar-refractivity contribution is 5.94.